The van der Waals surface area contributed by atoms with E-state index in [4.69, 9.17) is 5.11 Å². The summed E-state index contributed by atoms with van der Waals surface area (Å²) < 4.78 is 0. The predicted octanol–water partition coefficient (Wildman–Crippen LogP) is 0.413. The Bertz CT molecular complexity index is 367. The van der Waals surface area contributed by atoms with Gasteiger partial charge in [-0.25, -0.2) is 0 Å². The number of aromatic nitrogens is 2. The van der Waals surface area contributed by atoms with E-state index >= 15 is 0 Å². The molecule has 0 unspecified atom stereocenters. The quantitative estimate of drug-likeness (QED) is 0.781. The molecule has 16 heavy (non-hydrogen) atoms. The molecule has 0 radical (unpaired) electrons. The summed E-state index contributed by atoms with van der Waals surface area (Å²) in [5, 5.41) is 15.7. The van der Waals surface area contributed by atoms with Gasteiger partial charge in [-0.05, 0) is 18.6 Å². The third kappa shape index (κ3) is 3.64. The minimum Gasteiger partial charge on any atom is -0.481 e. The topological polar surface area (TPSA) is 83.4 Å². The van der Waals surface area contributed by atoms with Crippen molar-refractivity contribution in [2.45, 2.75) is 12.8 Å². The number of carboxylic acids is 1. The van der Waals surface area contributed by atoms with E-state index in [-0.39, 0.29) is 18.0 Å². The maximum Gasteiger partial charge on any atom is 0.303 e. The Morgan fingerprint density at radius 3 is 2.81 bits per heavy atom. The van der Waals surface area contributed by atoms with E-state index in [1.54, 1.807) is 19.2 Å². The molecule has 1 rings (SSSR count). The fourth-order valence-corrected chi connectivity index (χ4v) is 1.18. The van der Waals surface area contributed by atoms with Crippen LogP contribution in [0, 0.1) is 0 Å². The SMILES string of the molecule is CN(CCCC(=O)O)C(=O)c1cccnn1. The average Bonchev–Trinajstić information content (AvgIpc) is 2.28. The molecule has 1 N–H and O–H groups in total. The van der Waals surface area contributed by atoms with Gasteiger partial charge in [0, 0.05) is 26.2 Å². The fraction of sp³-hybridized carbons (Fsp3) is 0.400. The molecule has 0 spiro atoms. The van der Waals surface area contributed by atoms with Gasteiger partial charge in [0.05, 0.1) is 0 Å². The van der Waals surface area contributed by atoms with Gasteiger partial charge >= 0.3 is 5.97 Å². The summed E-state index contributed by atoms with van der Waals surface area (Å²) in [7, 11) is 1.61. The molecule has 0 aromatic carbocycles. The second-order valence-corrected chi connectivity index (χ2v) is 3.33. The van der Waals surface area contributed by atoms with Crippen LogP contribution in [-0.2, 0) is 4.79 Å². The minimum atomic E-state index is -0.861. The van der Waals surface area contributed by atoms with Crippen LogP contribution in [0.3, 0.4) is 0 Å². The summed E-state index contributed by atoms with van der Waals surface area (Å²) in [5.41, 5.74) is 0.264. The maximum absolute atomic E-state index is 11.7. The van der Waals surface area contributed by atoms with Crippen molar-refractivity contribution in [3.05, 3.63) is 24.0 Å². The Morgan fingerprint density at radius 2 is 2.25 bits per heavy atom. The highest BCUT2D eigenvalue weighted by atomic mass is 16.4. The first-order valence-corrected chi connectivity index (χ1v) is 4.86. The van der Waals surface area contributed by atoms with Gasteiger partial charge in [-0.15, -0.1) is 5.10 Å². The molecule has 1 aromatic rings. The molecular weight excluding hydrogens is 210 g/mol. The molecule has 0 fully saturated rings. The smallest absolute Gasteiger partial charge is 0.303 e. The van der Waals surface area contributed by atoms with Gasteiger partial charge < -0.3 is 10.0 Å². The van der Waals surface area contributed by atoms with Gasteiger partial charge in [-0.2, -0.15) is 5.10 Å². The molecular formula is C10H13N3O3. The second-order valence-electron chi connectivity index (χ2n) is 3.33. The van der Waals surface area contributed by atoms with Crippen LogP contribution in [0.15, 0.2) is 18.3 Å². The van der Waals surface area contributed by atoms with Gasteiger partial charge in [0.15, 0.2) is 5.69 Å². The Morgan fingerprint density at radius 1 is 1.50 bits per heavy atom. The number of carbonyl (C=O) groups excluding carboxylic acids is 1. The highest BCUT2D eigenvalue weighted by Gasteiger charge is 2.12. The Balaban J connectivity index is 2.45. The number of nitrogens with zero attached hydrogens (tertiary/aromatic N) is 3. The molecule has 0 saturated heterocycles. The molecule has 6 heteroatoms. The summed E-state index contributed by atoms with van der Waals surface area (Å²) in [6.45, 7) is 0.391. The summed E-state index contributed by atoms with van der Waals surface area (Å²) in [5.74, 6) is -1.11. The van der Waals surface area contributed by atoms with Crippen LogP contribution in [0.5, 0.6) is 0 Å². The number of amides is 1. The second kappa shape index (κ2) is 5.79. The van der Waals surface area contributed by atoms with E-state index in [1.165, 1.54) is 11.1 Å². The first-order valence-electron chi connectivity index (χ1n) is 4.86. The van der Waals surface area contributed by atoms with E-state index in [2.05, 4.69) is 10.2 Å². The standard InChI is InChI=1S/C10H13N3O3/c1-13(7-3-5-9(14)15)10(16)8-4-2-6-11-12-8/h2,4,6H,3,5,7H2,1H3,(H,14,15). The van der Waals surface area contributed by atoms with E-state index in [9.17, 15) is 9.59 Å². The molecule has 0 bridgehead atoms. The molecule has 1 heterocycles. The molecule has 1 amide bonds. The first kappa shape index (κ1) is 12.1. The van der Waals surface area contributed by atoms with Crippen molar-refractivity contribution < 1.29 is 14.7 Å². The zero-order valence-corrected chi connectivity index (χ0v) is 8.96. The van der Waals surface area contributed by atoms with Crippen LogP contribution in [-0.4, -0.2) is 45.7 Å². The van der Waals surface area contributed by atoms with Crippen LogP contribution >= 0.6 is 0 Å². The van der Waals surface area contributed by atoms with Gasteiger partial charge in [-0.3, -0.25) is 9.59 Å². The molecule has 0 saturated carbocycles. The van der Waals surface area contributed by atoms with Crippen molar-refractivity contribution in [3.63, 3.8) is 0 Å². The number of rotatable bonds is 5. The lowest BCUT2D eigenvalue weighted by Crippen LogP contribution is -2.28. The average molecular weight is 223 g/mol. The summed E-state index contributed by atoms with van der Waals surface area (Å²) in [4.78, 5) is 23.4. The largest absolute Gasteiger partial charge is 0.481 e. The number of hydrogen-bond acceptors (Lipinski definition) is 4. The van der Waals surface area contributed by atoms with E-state index in [0.29, 0.717) is 13.0 Å². The van der Waals surface area contributed by atoms with Crippen molar-refractivity contribution in [3.8, 4) is 0 Å². The van der Waals surface area contributed by atoms with Crippen molar-refractivity contribution >= 4 is 11.9 Å². The van der Waals surface area contributed by atoms with Crippen LogP contribution < -0.4 is 0 Å². The zero-order valence-electron chi connectivity index (χ0n) is 8.96. The lowest BCUT2D eigenvalue weighted by Gasteiger charge is -2.15. The van der Waals surface area contributed by atoms with Gasteiger partial charge in [0.2, 0.25) is 0 Å². The van der Waals surface area contributed by atoms with Gasteiger partial charge in [0.25, 0.3) is 5.91 Å². The van der Waals surface area contributed by atoms with E-state index in [1.807, 2.05) is 0 Å². The first-order chi connectivity index (χ1) is 7.61. The number of aliphatic carboxylic acids is 1. The maximum atomic E-state index is 11.7. The van der Waals surface area contributed by atoms with Gasteiger partial charge in [0.1, 0.15) is 0 Å². The number of carbonyl (C=O) groups is 2. The fourth-order valence-electron chi connectivity index (χ4n) is 1.18. The highest BCUT2D eigenvalue weighted by molar-refractivity contribution is 5.91. The van der Waals surface area contributed by atoms with Crippen molar-refractivity contribution in [1.82, 2.24) is 15.1 Å². The Kier molecular flexibility index (Phi) is 4.38. The molecule has 0 aliphatic heterocycles. The van der Waals surface area contributed by atoms with Crippen LogP contribution in [0.25, 0.3) is 0 Å². The third-order valence-electron chi connectivity index (χ3n) is 2.02. The third-order valence-corrected chi connectivity index (χ3v) is 2.02. The molecule has 1 aromatic heterocycles. The predicted molar refractivity (Wildman–Crippen MR) is 55.9 cm³/mol. The number of hydrogen-bond donors (Lipinski definition) is 1. The lowest BCUT2D eigenvalue weighted by atomic mass is 10.3. The van der Waals surface area contributed by atoms with Crippen molar-refractivity contribution in [2.24, 2.45) is 0 Å². The molecule has 0 aliphatic rings. The van der Waals surface area contributed by atoms with Crippen molar-refractivity contribution in [1.29, 1.82) is 0 Å². The Labute approximate surface area is 92.9 Å². The zero-order chi connectivity index (χ0) is 12.0. The minimum absolute atomic E-state index is 0.0537. The monoisotopic (exact) mass is 223 g/mol. The molecule has 86 valence electrons. The number of carboxylic acid groups (broad SMARTS) is 1. The normalized spacial score (nSPS) is 9.81. The van der Waals surface area contributed by atoms with Crippen molar-refractivity contribution in [2.75, 3.05) is 13.6 Å². The van der Waals surface area contributed by atoms with Gasteiger partial charge in [-0.1, -0.05) is 0 Å². The molecule has 0 aliphatic carbocycles. The summed E-state index contributed by atoms with van der Waals surface area (Å²) in [6, 6.07) is 3.20. The molecule has 0 atom stereocenters. The summed E-state index contributed by atoms with van der Waals surface area (Å²) >= 11 is 0. The van der Waals surface area contributed by atoms with E-state index < -0.39 is 5.97 Å². The van der Waals surface area contributed by atoms with E-state index in [0.717, 1.165) is 0 Å². The van der Waals surface area contributed by atoms with Crippen LogP contribution in [0.1, 0.15) is 23.3 Å². The van der Waals surface area contributed by atoms with Crippen LogP contribution in [0.4, 0.5) is 0 Å². The highest BCUT2D eigenvalue weighted by Crippen LogP contribution is 2.00. The lowest BCUT2D eigenvalue weighted by molar-refractivity contribution is -0.137. The Hall–Kier alpha value is -1.98. The van der Waals surface area contributed by atoms with Crippen LogP contribution in [0.2, 0.25) is 0 Å². The summed E-state index contributed by atoms with van der Waals surface area (Å²) in [6.07, 6.45) is 1.97. The molecule has 6 nitrogen and oxygen atoms in total.